The number of aliphatic hydroxyl groups is 3. The second-order valence-electron chi connectivity index (χ2n) is 5.01. The second-order valence-corrected chi connectivity index (χ2v) is 6.59. The summed E-state index contributed by atoms with van der Waals surface area (Å²) in [5, 5.41) is 31.4. The van der Waals surface area contributed by atoms with Gasteiger partial charge in [0.25, 0.3) is 0 Å². The Labute approximate surface area is 127 Å². The predicted octanol–water partition coefficient (Wildman–Crippen LogP) is -2.14. The molecule has 0 aromatic rings. The highest BCUT2D eigenvalue weighted by Crippen LogP contribution is 2.36. The van der Waals surface area contributed by atoms with Crippen LogP contribution in [0.3, 0.4) is 0 Å². The minimum absolute atomic E-state index is 0.161. The SMILES string of the molecule is CCCC(=O)N[C@H]1C(O)O[C@H](CO)[C@@H](O)[C@@H]1OCP(=O)(O)O. The van der Waals surface area contributed by atoms with Crippen LogP contribution in [-0.4, -0.2) is 74.6 Å². The van der Waals surface area contributed by atoms with E-state index in [1.807, 2.05) is 0 Å². The van der Waals surface area contributed by atoms with E-state index < -0.39 is 57.1 Å². The van der Waals surface area contributed by atoms with Crippen molar-refractivity contribution in [1.29, 1.82) is 0 Å². The molecule has 11 heteroatoms. The molecule has 130 valence electrons. The first-order chi connectivity index (χ1) is 10.2. The molecule has 1 aliphatic rings. The number of rotatable bonds is 7. The van der Waals surface area contributed by atoms with Gasteiger partial charge in [-0.25, -0.2) is 0 Å². The zero-order chi connectivity index (χ0) is 16.9. The lowest BCUT2D eigenvalue weighted by molar-refractivity contribution is -0.259. The Morgan fingerprint density at radius 3 is 2.50 bits per heavy atom. The van der Waals surface area contributed by atoms with E-state index in [0.717, 1.165) is 0 Å². The van der Waals surface area contributed by atoms with Crippen LogP contribution in [-0.2, 0) is 18.8 Å². The van der Waals surface area contributed by atoms with Crippen LogP contribution < -0.4 is 5.32 Å². The quantitative estimate of drug-likeness (QED) is 0.283. The third-order valence-corrected chi connectivity index (χ3v) is 3.60. The van der Waals surface area contributed by atoms with E-state index in [0.29, 0.717) is 6.42 Å². The molecule has 5 atom stereocenters. The zero-order valence-corrected chi connectivity index (χ0v) is 12.9. The van der Waals surface area contributed by atoms with Gasteiger partial charge in [0.15, 0.2) is 6.29 Å². The minimum Gasteiger partial charge on any atom is -0.394 e. The molecule has 0 saturated carbocycles. The minimum atomic E-state index is -4.51. The van der Waals surface area contributed by atoms with E-state index in [1.165, 1.54) is 0 Å². The normalized spacial score (nSPS) is 32.7. The lowest BCUT2D eigenvalue weighted by Gasteiger charge is -2.42. The van der Waals surface area contributed by atoms with Gasteiger partial charge in [-0.05, 0) is 6.42 Å². The van der Waals surface area contributed by atoms with Gasteiger partial charge in [-0.3, -0.25) is 9.36 Å². The van der Waals surface area contributed by atoms with Gasteiger partial charge in [0.05, 0.1) is 6.61 Å². The van der Waals surface area contributed by atoms with E-state index in [-0.39, 0.29) is 6.42 Å². The first-order valence-corrected chi connectivity index (χ1v) is 8.57. The summed E-state index contributed by atoms with van der Waals surface area (Å²) in [6, 6.07) is -1.22. The summed E-state index contributed by atoms with van der Waals surface area (Å²) in [5.74, 6) is -0.436. The van der Waals surface area contributed by atoms with Crippen LogP contribution >= 0.6 is 7.60 Å². The molecule has 0 spiro atoms. The summed E-state index contributed by atoms with van der Waals surface area (Å²) in [4.78, 5) is 29.3. The topological polar surface area (TPSA) is 166 Å². The van der Waals surface area contributed by atoms with Crippen LogP contribution in [0.4, 0.5) is 0 Å². The Balaban J connectivity index is 2.86. The van der Waals surface area contributed by atoms with Gasteiger partial charge >= 0.3 is 7.60 Å². The van der Waals surface area contributed by atoms with E-state index >= 15 is 0 Å². The third-order valence-electron chi connectivity index (χ3n) is 3.11. The van der Waals surface area contributed by atoms with Crippen LogP contribution in [0.25, 0.3) is 0 Å². The average Bonchev–Trinajstić information content (AvgIpc) is 2.41. The van der Waals surface area contributed by atoms with Gasteiger partial charge in [0.1, 0.15) is 30.7 Å². The fourth-order valence-electron chi connectivity index (χ4n) is 2.11. The van der Waals surface area contributed by atoms with Crippen molar-refractivity contribution in [2.75, 3.05) is 13.0 Å². The molecule has 1 rings (SSSR count). The highest BCUT2D eigenvalue weighted by Gasteiger charge is 2.46. The molecule has 1 saturated heterocycles. The van der Waals surface area contributed by atoms with Crippen molar-refractivity contribution in [3.63, 3.8) is 0 Å². The van der Waals surface area contributed by atoms with Gasteiger partial charge in [-0.2, -0.15) is 0 Å². The summed E-state index contributed by atoms with van der Waals surface area (Å²) in [6.07, 6.45) is -5.90. The molecule has 10 nitrogen and oxygen atoms in total. The third kappa shape index (κ3) is 5.56. The maximum atomic E-state index is 11.6. The van der Waals surface area contributed by atoms with Crippen LogP contribution in [0, 0.1) is 0 Å². The molecule has 1 heterocycles. The lowest BCUT2D eigenvalue weighted by Crippen LogP contribution is -2.65. The van der Waals surface area contributed by atoms with Gasteiger partial charge < -0.3 is 39.9 Å². The summed E-state index contributed by atoms with van der Waals surface area (Å²) in [6.45, 7) is 1.13. The standard InChI is InChI=1S/C11H22NO9P/c1-2-3-7(14)12-8-10(20-5-22(17,18)19)9(15)6(4-13)21-11(8)16/h6,8-11,13,15-16H,2-5H2,1H3,(H,12,14)(H2,17,18,19)/t6-,8-,9-,10-,11?/m1/s1. The molecule has 1 fully saturated rings. The molecular formula is C11H22NO9P. The van der Waals surface area contributed by atoms with Gasteiger partial charge in [-0.1, -0.05) is 6.92 Å². The van der Waals surface area contributed by atoms with Crippen molar-refractivity contribution >= 4 is 13.5 Å². The van der Waals surface area contributed by atoms with E-state index in [4.69, 9.17) is 24.4 Å². The smallest absolute Gasteiger partial charge is 0.350 e. The molecule has 1 aliphatic heterocycles. The number of carbonyl (C=O) groups excluding carboxylic acids is 1. The van der Waals surface area contributed by atoms with Crippen LogP contribution in [0.15, 0.2) is 0 Å². The maximum absolute atomic E-state index is 11.6. The monoisotopic (exact) mass is 343 g/mol. The average molecular weight is 343 g/mol. The van der Waals surface area contributed by atoms with Gasteiger partial charge in [0, 0.05) is 6.42 Å². The van der Waals surface area contributed by atoms with Gasteiger partial charge in [-0.15, -0.1) is 0 Å². The Hall–Kier alpha value is -0.580. The number of hydrogen-bond donors (Lipinski definition) is 6. The molecule has 0 aromatic carbocycles. The number of ether oxygens (including phenoxy) is 2. The van der Waals surface area contributed by atoms with Crippen LogP contribution in [0.1, 0.15) is 19.8 Å². The van der Waals surface area contributed by atoms with Crippen molar-refractivity contribution in [3.8, 4) is 0 Å². The number of hydrogen-bond acceptors (Lipinski definition) is 7. The van der Waals surface area contributed by atoms with Crippen molar-refractivity contribution in [2.24, 2.45) is 0 Å². The van der Waals surface area contributed by atoms with Crippen molar-refractivity contribution in [1.82, 2.24) is 5.32 Å². The molecule has 1 amide bonds. The molecule has 22 heavy (non-hydrogen) atoms. The highest BCUT2D eigenvalue weighted by molar-refractivity contribution is 7.51. The number of nitrogens with one attached hydrogen (secondary N) is 1. The van der Waals surface area contributed by atoms with Gasteiger partial charge in [0.2, 0.25) is 5.91 Å². The molecule has 6 N–H and O–H groups in total. The Morgan fingerprint density at radius 2 is 2.00 bits per heavy atom. The first kappa shape index (κ1) is 19.5. The van der Waals surface area contributed by atoms with E-state index in [2.05, 4.69) is 5.32 Å². The predicted molar refractivity (Wildman–Crippen MR) is 72.6 cm³/mol. The maximum Gasteiger partial charge on any atom is 0.350 e. The Morgan fingerprint density at radius 1 is 1.36 bits per heavy atom. The lowest BCUT2D eigenvalue weighted by atomic mass is 9.96. The molecule has 1 unspecified atom stereocenters. The fourth-order valence-corrected chi connectivity index (χ4v) is 2.47. The van der Waals surface area contributed by atoms with E-state index in [1.54, 1.807) is 6.92 Å². The largest absolute Gasteiger partial charge is 0.394 e. The number of carbonyl (C=O) groups is 1. The number of aliphatic hydroxyl groups excluding tert-OH is 3. The van der Waals surface area contributed by atoms with E-state index in [9.17, 15) is 19.6 Å². The summed E-state index contributed by atoms with van der Waals surface area (Å²) < 4.78 is 20.8. The van der Waals surface area contributed by atoms with Crippen molar-refractivity contribution in [3.05, 3.63) is 0 Å². The highest BCUT2D eigenvalue weighted by atomic mass is 31.2. The molecule has 0 aromatic heterocycles. The molecule has 0 radical (unpaired) electrons. The Bertz CT molecular complexity index is 414. The van der Waals surface area contributed by atoms with Crippen molar-refractivity contribution < 1.29 is 43.9 Å². The molecular weight excluding hydrogens is 321 g/mol. The van der Waals surface area contributed by atoms with Crippen LogP contribution in [0.2, 0.25) is 0 Å². The number of amides is 1. The summed E-state index contributed by atoms with van der Waals surface area (Å²) in [5.41, 5.74) is 0. The fraction of sp³-hybridized carbons (Fsp3) is 0.909. The summed E-state index contributed by atoms with van der Waals surface area (Å²) >= 11 is 0. The van der Waals surface area contributed by atoms with Crippen molar-refractivity contribution in [2.45, 2.75) is 50.4 Å². The zero-order valence-electron chi connectivity index (χ0n) is 12.0. The molecule has 0 bridgehead atoms. The Kier molecular flexibility index (Phi) is 7.36. The summed E-state index contributed by atoms with van der Waals surface area (Å²) in [7, 11) is -4.51. The second kappa shape index (κ2) is 8.32. The molecule has 0 aliphatic carbocycles. The first-order valence-electron chi connectivity index (χ1n) is 6.77. The van der Waals surface area contributed by atoms with Crippen LogP contribution in [0.5, 0.6) is 0 Å².